The Bertz CT molecular complexity index is 1440. The third kappa shape index (κ3) is 7.55. The van der Waals surface area contributed by atoms with Gasteiger partial charge in [0.05, 0.1) is 12.1 Å². The minimum Gasteiger partial charge on any atom is -0.481 e. The van der Waals surface area contributed by atoms with Crippen LogP contribution in [0.5, 0.6) is 0 Å². The summed E-state index contributed by atoms with van der Waals surface area (Å²) in [7, 11) is 0. The summed E-state index contributed by atoms with van der Waals surface area (Å²) in [5, 5.41) is 29.3. The van der Waals surface area contributed by atoms with Crippen molar-refractivity contribution in [3.63, 3.8) is 0 Å². The maximum absolute atomic E-state index is 13.6. The van der Waals surface area contributed by atoms with Crippen molar-refractivity contribution in [3.8, 4) is 11.3 Å². The zero-order valence-corrected chi connectivity index (χ0v) is 20.4. The number of benzene rings is 3. The first-order valence-electron chi connectivity index (χ1n) is 11.8. The molecule has 0 saturated heterocycles. The second kappa shape index (κ2) is 12.6. The summed E-state index contributed by atoms with van der Waals surface area (Å²) in [5.41, 5.74) is 1.78. The highest BCUT2D eigenvalue weighted by Crippen LogP contribution is 2.22. The lowest BCUT2D eigenvalue weighted by atomic mass is 10.1. The Hall–Kier alpha value is -4.90. The molecule has 200 valence electrons. The highest BCUT2D eigenvalue weighted by atomic mass is 19.1. The Morgan fingerprint density at radius 3 is 2.26 bits per heavy atom. The molecule has 4 rings (SSSR count). The molecule has 11 heteroatoms. The summed E-state index contributed by atoms with van der Waals surface area (Å²) in [6.45, 7) is -0.0109. The summed E-state index contributed by atoms with van der Waals surface area (Å²) >= 11 is 0. The van der Waals surface area contributed by atoms with Gasteiger partial charge in [-0.2, -0.15) is 10.1 Å². The summed E-state index contributed by atoms with van der Waals surface area (Å²) in [6, 6.07) is 20.7. The maximum atomic E-state index is 13.6. The van der Waals surface area contributed by atoms with Crippen molar-refractivity contribution in [2.45, 2.75) is 25.2 Å². The van der Waals surface area contributed by atoms with Crippen LogP contribution >= 0.6 is 0 Å². The minimum atomic E-state index is -1.99. The van der Waals surface area contributed by atoms with Gasteiger partial charge in [0.25, 0.3) is 5.91 Å². The number of nitrogens with zero attached hydrogens (tertiary/aromatic N) is 2. The number of nitrogens with one attached hydrogen (secondary N) is 2. The first kappa shape index (κ1) is 27.1. The molecule has 2 atom stereocenters. The molecule has 0 aliphatic carbocycles. The van der Waals surface area contributed by atoms with E-state index in [1.54, 1.807) is 30.3 Å². The fourth-order valence-corrected chi connectivity index (χ4v) is 3.70. The number of aliphatic carboxylic acids is 1. The molecular formula is C28H24F2N4O5. The predicted octanol–water partition coefficient (Wildman–Crippen LogP) is 4.29. The van der Waals surface area contributed by atoms with E-state index in [1.807, 2.05) is 36.4 Å². The van der Waals surface area contributed by atoms with Gasteiger partial charge in [-0.3, -0.25) is 14.7 Å². The van der Waals surface area contributed by atoms with Crippen molar-refractivity contribution in [1.29, 1.82) is 0 Å². The standard InChI is InChI=1S/C28H24F2N4O5/c29-20-11-19(12-21(30)13-20)26(37)27(38)31-23(15-25(35)36)28(39-16-17-7-3-1-4-8-17)32-24-14-22(33-34-24)18-9-5-2-6-10-18/h1-14,23,26,37H,15-16H2,(H,31,38)(H,33,34)(H,35,36). The van der Waals surface area contributed by atoms with Crippen molar-refractivity contribution in [3.05, 3.63) is 108 Å². The van der Waals surface area contributed by atoms with E-state index in [2.05, 4.69) is 20.5 Å². The molecule has 1 heterocycles. The van der Waals surface area contributed by atoms with Crippen molar-refractivity contribution in [2.75, 3.05) is 0 Å². The number of aromatic nitrogens is 2. The molecule has 1 amide bonds. The lowest BCUT2D eigenvalue weighted by Crippen LogP contribution is -2.45. The maximum Gasteiger partial charge on any atom is 0.305 e. The fraction of sp³-hybridized carbons (Fsp3) is 0.143. The first-order valence-corrected chi connectivity index (χ1v) is 11.8. The highest BCUT2D eigenvalue weighted by Gasteiger charge is 2.28. The van der Waals surface area contributed by atoms with E-state index in [0.717, 1.165) is 23.3 Å². The third-order valence-corrected chi connectivity index (χ3v) is 5.54. The lowest BCUT2D eigenvalue weighted by Gasteiger charge is -2.21. The number of hydrogen-bond donors (Lipinski definition) is 4. The highest BCUT2D eigenvalue weighted by molar-refractivity contribution is 5.93. The number of carboxylic acid groups (broad SMARTS) is 1. The van der Waals surface area contributed by atoms with Crippen LogP contribution in [0.25, 0.3) is 11.3 Å². The molecule has 4 aromatic rings. The number of carbonyl (C=O) groups is 2. The average Bonchev–Trinajstić information content (AvgIpc) is 3.39. The molecule has 0 saturated carbocycles. The van der Waals surface area contributed by atoms with Crippen molar-refractivity contribution in [1.82, 2.24) is 15.5 Å². The number of aliphatic hydroxyl groups excluding tert-OH is 1. The number of aliphatic hydroxyl groups is 1. The number of carboxylic acids is 1. The van der Waals surface area contributed by atoms with E-state index in [9.17, 15) is 28.6 Å². The SMILES string of the molecule is O=C(O)CC(NC(=O)C(O)c1cc(F)cc(F)c1)C(=Nc1cc(-c2ccccc2)n[nH]1)OCc1ccccc1. The van der Waals surface area contributed by atoms with Crippen LogP contribution in [0.3, 0.4) is 0 Å². The molecule has 9 nitrogen and oxygen atoms in total. The number of hydrogen-bond acceptors (Lipinski definition) is 6. The van der Waals surface area contributed by atoms with Crippen LogP contribution in [0, 0.1) is 11.6 Å². The quantitative estimate of drug-likeness (QED) is 0.177. The molecule has 0 aliphatic heterocycles. The molecule has 2 unspecified atom stereocenters. The molecule has 4 N–H and O–H groups in total. The van der Waals surface area contributed by atoms with Gasteiger partial charge in [0.15, 0.2) is 11.9 Å². The number of aromatic amines is 1. The van der Waals surface area contributed by atoms with Gasteiger partial charge in [0.2, 0.25) is 5.90 Å². The van der Waals surface area contributed by atoms with Gasteiger partial charge in [0, 0.05) is 17.7 Å². The molecule has 0 fully saturated rings. The van der Waals surface area contributed by atoms with Crippen LogP contribution in [0.15, 0.2) is 89.9 Å². The number of halogens is 2. The number of H-pyrrole nitrogens is 1. The van der Waals surface area contributed by atoms with Crippen LogP contribution in [0.4, 0.5) is 14.6 Å². The van der Waals surface area contributed by atoms with E-state index in [-0.39, 0.29) is 23.9 Å². The average molecular weight is 535 g/mol. The Kier molecular flexibility index (Phi) is 8.75. The van der Waals surface area contributed by atoms with Crippen LogP contribution in [0.2, 0.25) is 0 Å². The summed E-state index contributed by atoms with van der Waals surface area (Å²) < 4.78 is 33.1. The number of aliphatic imine (C=N–C) groups is 1. The van der Waals surface area contributed by atoms with E-state index in [0.29, 0.717) is 11.8 Å². The molecule has 0 bridgehead atoms. The summed E-state index contributed by atoms with van der Waals surface area (Å²) in [4.78, 5) is 28.9. The fourth-order valence-electron chi connectivity index (χ4n) is 3.70. The van der Waals surface area contributed by atoms with Crippen LogP contribution < -0.4 is 5.32 Å². The monoisotopic (exact) mass is 534 g/mol. The molecule has 0 radical (unpaired) electrons. The molecule has 0 spiro atoms. The van der Waals surface area contributed by atoms with E-state index < -0.39 is 42.1 Å². The largest absolute Gasteiger partial charge is 0.481 e. The Balaban J connectivity index is 1.64. The molecule has 0 aliphatic rings. The Morgan fingerprint density at radius 2 is 1.62 bits per heavy atom. The summed E-state index contributed by atoms with van der Waals surface area (Å²) in [6.07, 6.45) is -2.65. The van der Waals surface area contributed by atoms with Gasteiger partial charge in [-0.15, -0.1) is 0 Å². The second-order valence-electron chi connectivity index (χ2n) is 8.49. The Morgan fingerprint density at radius 1 is 0.974 bits per heavy atom. The van der Waals surface area contributed by atoms with Gasteiger partial charge < -0.3 is 20.3 Å². The zero-order chi connectivity index (χ0) is 27.8. The first-order chi connectivity index (χ1) is 18.8. The third-order valence-electron chi connectivity index (χ3n) is 5.54. The summed E-state index contributed by atoms with van der Waals surface area (Å²) in [5.74, 6) is -4.33. The Labute approximate surface area is 221 Å². The molecule has 39 heavy (non-hydrogen) atoms. The van der Waals surface area contributed by atoms with Crippen LogP contribution in [0.1, 0.15) is 23.7 Å². The van der Waals surface area contributed by atoms with E-state index >= 15 is 0 Å². The van der Waals surface area contributed by atoms with Gasteiger partial charge in [-0.1, -0.05) is 60.7 Å². The number of amides is 1. The van der Waals surface area contributed by atoms with E-state index in [4.69, 9.17) is 4.74 Å². The van der Waals surface area contributed by atoms with Gasteiger partial charge in [-0.05, 0) is 23.3 Å². The molecule has 1 aromatic heterocycles. The predicted molar refractivity (Wildman–Crippen MR) is 138 cm³/mol. The van der Waals surface area contributed by atoms with Crippen molar-refractivity contribution >= 4 is 23.6 Å². The van der Waals surface area contributed by atoms with Gasteiger partial charge in [-0.25, -0.2) is 8.78 Å². The topological polar surface area (TPSA) is 137 Å². The number of rotatable bonds is 10. The smallest absolute Gasteiger partial charge is 0.305 e. The van der Waals surface area contributed by atoms with Gasteiger partial charge >= 0.3 is 5.97 Å². The zero-order valence-electron chi connectivity index (χ0n) is 20.4. The minimum absolute atomic E-state index is 0.0109. The lowest BCUT2D eigenvalue weighted by molar-refractivity contribution is -0.137. The number of ether oxygens (including phenoxy) is 1. The second-order valence-corrected chi connectivity index (χ2v) is 8.49. The van der Waals surface area contributed by atoms with Crippen LogP contribution in [-0.2, 0) is 20.9 Å². The number of carbonyl (C=O) groups excluding carboxylic acids is 1. The van der Waals surface area contributed by atoms with Crippen molar-refractivity contribution in [2.24, 2.45) is 4.99 Å². The van der Waals surface area contributed by atoms with Crippen LogP contribution in [-0.4, -0.2) is 44.2 Å². The van der Waals surface area contributed by atoms with Gasteiger partial charge in [0.1, 0.15) is 24.3 Å². The molecular weight excluding hydrogens is 510 g/mol. The van der Waals surface area contributed by atoms with E-state index in [1.165, 1.54) is 0 Å². The van der Waals surface area contributed by atoms with Crippen molar-refractivity contribution < 1.29 is 33.3 Å². The molecule has 3 aromatic carbocycles. The normalized spacial score (nSPS) is 12.9.